The van der Waals surface area contributed by atoms with Crippen molar-refractivity contribution in [2.45, 2.75) is 27.2 Å². The number of hydrogen-bond acceptors (Lipinski definition) is 3. The molecule has 0 saturated carbocycles. The Morgan fingerprint density at radius 3 is 2.48 bits per heavy atom. The maximum atomic E-state index is 6.08. The van der Waals surface area contributed by atoms with E-state index in [2.05, 4.69) is 67.0 Å². The van der Waals surface area contributed by atoms with Crippen LogP contribution in [0.4, 0.5) is 11.4 Å². The van der Waals surface area contributed by atoms with Gasteiger partial charge in [-0.05, 0) is 62.8 Å². The summed E-state index contributed by atoms with van der Waals surface area (Å²) in [6, 6.07) is 14.7. The highest BCUT2D eigenvalue weighted by atomic mass is 16.5. The molecule has 1 aliphatic rings. The number of anilines is 2. The number of nitrogens with zero attached hydrogens (tertiary/aromatic N) is 2. The van der Waals surface area contributed by atoms with Gasteiger partial charge in [0, 0.05) is 6.54 Å². The molecule has 0 radical (unpaired) electrons. The monoisotopic (exact) mass is 310 g/mol. The molecule has 1 heterocycles. The van der Waals surface area contributed by atoms with Gasteiger partial charge in [-0.25, -0.2) is 0 Å². The summed E-state index contributed by atoms with van der Waals surface area (Å²) in [5, 5.41) is 0. The molecule has 0 amide bonds. The van der Waals surface area contributed by atoms with E-state index in [1.807, 2.05) is 6.07 Å². The fourth-order valence-corrected chi connectivity index (χ4v) is 3.17. The smallest absolute Gasteiger partial charge is 0.151 e. The maximum Gasteiger partial charge on any atom is 0.151 e. The van der Waals surface area contributed by atoms with Crippen molar-refractivity contribution in [3.05, 3.63) is 48.0 Å². The van der Waals surface area contributed by atoms with Gasteiger partial charge in [-0.3, -0.25) is 0 Å². The number of fused-ring (bicyclic) bond motifs is 2. The molecule has 0 atom stereocenters. The van der Waals surface area contributed by atoms with Gasteiger partial charge in [0.2, 0.25) is 0 Å². The molecular weight excluding hydrogens is 284 g/mol. The molecule has 0 bridgehead atoms. The zero-order valence-corrected chi connectivity index (χ0v) is 14.4. The van der Waals surface area contributed by atoms with Crippen LogP contribution in [-0.4, -0.2) is 31.1 Å². The summed E-state index contributed by atoms with van der Waals surface area (Å²) in [4.78, 5) is 4.88. The molecule has 122 valence electrons. The standard InChI is InChI=1S/C20H26N2O/c1-4-21(5-2)13-8-14-22-17-9-6-7-10-19(17)23-20-12-11-16(3)15-18(20)22/h6-7,9-12,15H,4-5,8,13-14H2,1-3H3. The average molecular weight is 310 g/mol. The van der Waals surface area contributed by atoms with Crippen LogP contribution >= 0.6 is 0 Å². The van der Waals surface area contributed by atoms with Crippen LogP contribution in [0.3, 0.4) is 0 Å². The van der Waals surface area contributed by atoms with E-state index in [1.54, 1.807) is 0 Å². The van der Waals surface area contributed by atoms with Gasteiger partial charge in [0.15, 0.2) is 11.5 Å². The van der Waals surface area contributed by atoms with Crippen molar-refractivity contribution in [2.24, 2.45) is 0 Å². The molecule has 2 aromatic carbocycles. The molecule has 3 nitrogen and oxygen atoms in total. The predicted molar refractivity (Wildman–Crippen MR) is 97.1 cm³/mol. The summed E-state index contributed by atoms with van der Waals surface area (Å²) in [6.45, 7) is 11.0. The minimum atomic E-state index is 0.951. The molecule has 3 heteroatoms. The van der Waals surface area contributed by atoms with Gasteiger partial charge in [0.25, 0.3) is 0 Å². The lowest BCUT2D eigenvalue weighted by Crippen LogP contribution is -2.29. The zero-order valence-electron chi connectivity index (χ0n) is 14.4. The summed E-state index contributed by atoms with van der Waals surface area (Å²) in [6.07, 6.45) is 1.14. The van der Waals surface area contributed by atoms with E-state index in [0.29, 0.717) is 0 Å². The minimum Gasteiger partial charge on any atom is -0.453 e. The van der Waals surface area contributed by atoms with Crippen LogP contribution in [0, 0.1) is 6.92 Å². The first kappa shape index (κ1) is 15.9. The number of rotatable bonds is 6. The fourth-order valence-electron chi connectivity index (χ4n) is 3.17. The number of para-hydroxylation sites is 2. The molecule has 0 unspecified atom stereocenters. The van der Waals surface area contributed by atoms with E-state index in [4.69, 9.17) is 4.74 Å². The van der Waals surface area contributed by atoms with E-state index >= 15 is 0 Å². The molecule has 2 aromatic rings. The zero-order chi connectivity index (χ0) is 16.2. The number of hydrogen-bond donors (Lipinski definition) is 0. The Morgan fingerprint density at radius 2 is 1.70 bits per heavy atom. The van der Waals surface area contributed by atoms with Crippen molar-refractivity contribution in [1.29, 1.82) is 0 Å². The predicted octanol–water partition coefficient (Wildman–Crippen LogP) is 4.97. The Kier molecular flexibility index (Phi) is 4.87. The van der Waals surface area contributed by atoms with Gasteiger partial charge in [-0.15, -0.1) is 0 Å². The van der Waals surface area contributed by atoms with E-state index < -0.39 is 0 Å². The number of aryl methyl sites for hydroxylation is 1. The average Bonchev–Trinajstić information content (AvgIpc) is 2.58. The third-order valence-corrected chi connectivity index (χ3v) is 4.53. The van der Waals surface area contributed by atoms with Gasteiger partial charge in [-0.2, -0.15) is 0 Å². The fraction of sp³-hybridized carbons (Fsp3) is 0.400. The maximum absolute atomic E-state index is 6.08. The SMILES string of the molecule is CCN(CC)CCCN1c2ccccc2Oc2ccc(C)cc21. The summed E-state index contributed by atoms with van der Waals surface area (Å²) in [5.41, 5.74) is 3.62. The van der Waals surface area contributed by atoms with Crippen LogP contribution in [0.25, 0.3) is 0 Å². The van der Waals surface area contributed by atoms with Gasteiger partial charge in [-0.1, -0.05) is 32.0 Å². The van der Waals surface area contributed by atoms with Crippen molar-refractivity contribution in [3.63, 3.8) is 0 Å². The van der Waals surface area contributed by atoms with E-state index in [1.165, 1.54) is 16.9 Å². The second-order valence-corrected chi connectivity index (χ2v) is 6.07. The molecule has 0 N–H and O–H groups in total. The van der Waals surface area contributed by atoms with Crippen LogP contribution in [0.5, 0.6) is 11.5 Å². The minimum absolute atomic E-state index is 0.951. The first-order valence-electron chi connectivity index (χ1n) is 8.60. The first-order valence-corrected chi connectivity index (χ1v) is 8.60. The molecule has 1 aliphatic heterocycles. The molecular formula is C20H26N2O. The van der Waals surface area contributed by atoms with Crippen LogP contribution in [0.15, 0.2) is 42.5 Å². The second kappa shape index (κ2) is 7.05. The molecule has 0 spiro atoms. The Labute approximate surface area is 139 Å². The van der Waals surface area contributed by atoms with Gasteiger partial charge in [0.05, 0.1) is 11.4 Å². The van der Waals surface area contributed by atoms with E-state index in [-0.39, 0.29) is 0 Å². The highest BCUT2D eigenvalue weighted by Gasteiger charge is 2.23. The van der Waals surface area contributed by atoms with E-state index in [9.17, 15) is 0 Å². The van der Waals surface area contributed by atoms with Crippen molar-refractivity contribution in [2.75, 3.05) is 31.1 Å². The van der Waals surface area contributed by atoms with Gasteiger partial charge < -0.3 is 14.5 Å². The van der Waals surface area contributed by atoms with Crippen LogP contribution in [-0.2, 0) is 0 Å². The molecule has 23 heavy (non-hydrogen) atoms. The van der Waals surface area contributed by atoms with Crippen molar-refractivity contribution >= 4 is 11.4 Å². The number of benzene rings is 2. The Balaban J connectivity index is 1.85. The highest BCUT2D eigenvalue weighted by Crippen LogP contribution is 2.46. The largest absolute Gasteiger partial charge is 0.453 e. The third-order valence-electron chi connectivity index (χ3n) is 4.53. The normalized spacial score (nSPS) is 12.8. The lowest BCUT2D eigenvalue weighted by molar-refractivity contribution is 0.301. The Hall–Kier alpha value is -2.00. The molecule has 3 rings (SSSR count). The van der Waals surface area contributed by atoms with Crippen molar-refractivity contribution in [3.8, 4) is 11.5 Å². The Morgan fingerprint density at radius 1 is 0.957 bits per heavy atom. The molecule has 0 aromatic heterocycles. The third kappa shape index (κ3) is 3.35. The summed E-state index contributed by atoms with van der Waals surface area (Å²) in [7, 11) is 0. The lowest BCUT2D eigenvalue weighted by Gasteiger charge is -2.33. The lowest BCUT2D eigenvalue weighted by atomic mass is 10.1. The van der Waals surface area contributed by atoms with Gasteiger partial charge in [0.1, 0.15) is 0 Å². The molecule has 0 saturated heterocycles. The van der Waals surface area contributed by atoms with Crippen LogP contribution in [0.2, 0.25) is 0 Å². The first-order chi connectivity index (χ1) is 11.2. The summed E-state index contributed by atoms with van der Waals surface area (Å²) < 4.78 is 6.08. The number of ether oxygens (including phenoxy) is 1. The summed E-state index contributed by atoms with van der Waals surface area (Å²) in [5.74, 6) is 1.91. The van der Waals surface area contributed by atoms with Crippen molar-refractivity contribution < 1.29 is 4.74 Å². The topological polar surface area (TPSA) is 15.7 Å². The molecule has 0 fully saturated rings. The van der Waals surface area contributed by atoms with E-state index in [0.717, 1.165) is 44.1 Å². The highest BCUT2D eigenvalue weighted by molar-refractivity contribution is 5.78. The Bertz CT molecular complexity index is 664. The van der Waals surface area contributed by atoms with Gasteiger partial charge >= 0.3 is 0 Å². The quantitative estimate of drug-likeness (QED) is 0.749. The molecule has 0 aliphatic carbocycles. The van der Waals surface area contributed by atoms with Crippen LogP contribution < -0.4 is 9.64 Å². The van der Waals surface area contributed by atoms with Crippen molar-refractivity contribution in [1.82, 2.24) is 4.90 Å². The second-order valence-electron chi connectivity index (χ2n) is 6.07. The summed E-state index contributed by atoms with van der Waals surface area (Å²) >= 11 is 0. The van der Waals surface area contributed by atoms with Crippen LogP contribution in [0.1, 0.15) is 25.8 Å².